The highest BCUT2D eigenvalue weighted by atomic mass is 79.9. The fraction of sp³-hybridized carbons (Fsp3) is 0.0556. The molecular formula is C18H14BrFN2O2S. The maximum atomic E-state index is 14.2. The Labute approximate surface area is 153 Å². The van der Waals surface area contributed by atoms with E-state index in [2.05, 4.69) is 20.9 Å². The van der Waals surface area contributed by atoms with Crippen LogP contribution >= 0.6 is 15.9 Å². The monoisotopic (exact) mass is 420 g/mol. The number of nitrogens with two attached hydrogens (primary N) is 1. The molecule has 2 aromatic carbocycles. The number of pyridine rings is 1. The number of rotatable bonds is 3. The standard InChI is InChI=1S/C18H14BrFN2O2S/c1-11-4-5-12(9-15(11)19)14-3-2-8-22-18(14)13-6-7-17(16(20)10-13)25(21,23)24/h2-10H,1H3,(H2,21,23,24). The Kier molecular flexibility index (Phi) is 4.73. The van der Waals surface area contributed by atoms with E-state index in [-0.39, 0.29) is 0 Å². The van der Waals surface area contributed by atoms with Crippen LogP contribution in [0.1, 0.15) is 5.56 Å². The van der Waals surface area contributed by atoms with Crippen LogP contribution in [0, 0.1) is 12.7 Å². The number of hydrogen-bond donors (Lipinski definition) is 1. The molecule has 0 fully saturated rings. The van der Waals surface area contributed by atoms with Crippen molar-refractivity contribution >= 4 is 26.0 Å². The molecule has 0 amide bonds. The molecule has 0 bridgehead atoms. The van der Waals surface area contributed by atoms with E-state index in [0.29, 0.717) is 11.3 Å². The first-order chi connectivity index (χ1) is 11.8. The summed E-state index contributed by atoms with van der Waals surface area (Å²) in [4.78, 5) is 3.81. The van der Waals surface area contributed by atoms with Crippen LogP contribution in [-0.4, -0.2) is 13.4 Å². The summed E-state index contributed by atoms with van der Waals surface area (Å²) in [6, 6.07) is 13.4. The Balaban J connectivity index is 2.16. The Morgan fingerprint density at radius 2 is 1.80 bits per heavy atom. The number of nitrogens with zero attached hydrogens (tertiary/aromatic N) is 1. The molecule has 3 aromatic rings. The van der Waals surface area contributed by atoms with E-state index in [0.717, 1.165) is 33.3 Å². The predicted octanol–water partition coefficient (Wildman–Crippen LogP) is 4.27. The van der Waals surface area contributed by atoms with Crippen LogP contribution in [0.4, 0.5) is 4.39 Å². The number of sulfonamides is 1. The van der Waals surface area contributed by atoms with Crippen molar-refractivity contribution in [1.82, 2.24) is 4.98 Å². The smallest absolute Gasteiger partial charge is 0.240 e. The molecule has 3 rings (SSSR count). The van der Waals surface area contributed by atoms with Crippen LogP contribution in [-0.2, 0) is 10.0 Å². The molecule has 2 N–H and O–H groups in total. The molecule has 1 heterocycles. The van der Waals surface area contributed by atoms with Gasteiger partial charge in [0.2, 0.25) is 10.0 Å². The molecule has 128 valence electrons. The van der Waals surface area contributed by atoms with Gasteiger partial charge in [0.05, 0.1) is 5.69 Å². The molecule has 4 nitrogen and oxygen atoms in total. The zero-order chi connectivity index (χ0) is 18.2. The zero-order valence-electron chi connectivity index (χ0n) is 13.2. The lowest BCUT2D eigenvalue weighted by Crippen LogP contribution is -2.14. The summed E-state index contributed by atoms with van der Waals surface area (Å²) in [6.45, 7) is 1.99. The first-order valence-corrected chi connectivity index (χ1v) is 9.65. The number of hydrogen-bond acceptors (Lipinski definition) is 3. The second-order valence-corrected chi connectivity index (χ2v) is 7.94. The number of aromatic nitrogens is 1. The maximum absolute atomic E-state index is 14.2. The molecule has 1 aromatic heterocycles. The van der Waals surface area contributed by atoms with Crippen LogP contribution < -0.4 is 5.14 Å². The van der Waals surface area contributed by atoms with E-state index >= 15 is 0 Å². The quantitative estimate of drug-likeness (QED) is 0.687. The predicted molar refractivity (Wildman–Crippen MR) is 98.9 cm³/mol. The SMILES string of the molecule is Cc1ccc(-c2cccnc2-c2ccc(S(N)(=O)=O)c(F)c2)cc1Br. The average Bonchev–Trinajstić information content (AvgIpc) is 2.56. The number of halogens is 2. The van der Waals surface area contributed by atoms with E-state index in [1.54, 1.807) is 12.3 Å². The van der Waals surface area contributed by atoms with Crippen molar-refractivity contribution in [2.75, 3.05) is 0 Å². The van der Waals surface area contributed by atoms with Crippen molar-refractivity contribution in [2.45, 2.75) is 11.8 Å². The molecule has 0 aliphatic carbocycles. The Morgan fingerprint density at radius 3 is 2.44 bits per heavy atom. The van der Waals surface area contributed by atoms with Crippen molar-refractivity contribution in [3.05, 3.63) is 70.6 Å². The van der Waals surface area contributed by atoms with Gasteiger partial charge < -0.3 is 0 Å². The number of aryl methyl sites for hydroxylation is 1. The van der Waals surface area contributed by atoms with Gasteiger partial charge in [0.15, 0.2) is 0 Å². The molecule has 7 heteroatoms. The summed E-state index contributed by atoms with van der Waals surface area (Å²) < 4.78 is 37.9. The van der Waals surface area contributed by atoms with Gasteiger partial charge in [-0.1, -0.05) is 40.2 Å². The lowest BCUT2D eigenvalue weighted by Gasteiger charge is -2.11. The van der Waals surface area contributed by atoms with Crippen LogP contribution in [0.25, 0.3) is 22.4 Å². The highest BCUT2D eigenvalue weighted by molar-refractivity contribution is 9.10. The fourth-order valence-electron chi connectivity index (χ4n) is 2.51. The summed E-state index contributed by atoms with van der Waals surface area (Å²) in [5.74, 6) is -0.901. The van der Waals surface area contributed by atoms with Crippen molar-refractivity contribution < 1.29 is 12.8 Å². The molecule has 0 atom stereocenters. The van der Waals surface area contributed by atoms with E-state index < -0.39 is 20.7 Å². The van der Waals surface area contributed by atoms with E-state index in [9.17, 15) is 12.8 Å². The minimum Gasteiger partial charge on any atom is -0.256 e. The molecule has 0 unspecified atom stereocenters. The van der Waals surface area contributed by atoms with E-state index in [4.69, 9.17) is 5.14 Å². The second kappa shape index (κ2) is 6.67. The van der Waals surface area contributed by atoms with Gasteiger partial charge in [-0.25, -0.2) is 17.9 Å². The minimum absolute atomic E-state index is 0.470. The van der Waals surface area contributed by atoms with Crippen molar-refractivity contribution in [3.63, 3.8) is 0 Å². The minimum atomic E-state index is -4.11. The molecule has 0 aliphatic rings. The van der Waals surface area contributed by atoms with Gasteiger partial charge in [0, 0.05) is 21.8 Å². The van der Waals surface area contributed by atoms with Crippen LogP contribution in [0.2, 0.25) is 0 Å². The summed E-state index contributed by atoms with van der Waals surface area (Å²) in [5, 5.41) is 5.01. The van der Waals surface area contributed by atoms with Gasteiger partial charge in [-0.3, -0.25) is 4.98 Å². The first kappa shape index (κ1) is 17.7. The third-order valence-electron chi connectivity index (χ3n) is 3.80. The molecule has 0 radical (unpaired) electrons. The maximum Gasteiger partial charge on any atom is 0.240 e. The summed E-state index contributed by atoms with van der Waals surface area (Å²) in [6.07, 6.45) is 1.60. The molecule has 25 heavy (non-hydrogen) atoms. The average molecular weight is 421 g/mol. The van der Waals surface area contributed by atoms with Crippen molar-refractivity contribution in [1.29, 1.82) is 0 Å². The molecule has 0 aliphatic heterocycles. The molecule has 0 saturated heterocycles. The fourth-order valence-corrected chi connectivity index (χ4v) is 3.47. The van der Waals surface area contributed by atoms with Crippen LogP contribution in [0.15, 0.2) is 64.1 Å². The second-order valence-electron chi connectivity index (χ2n) is 5.55. The van der Waals surface area contributed by atoms with Gasteiger partial charge in [-0.05, 0) is 42.3 Å². The highest BCUT2D eigenvalue weighted by Gasteiger charge is 2.17. The van der Waals surface area contributed by atoms with Crippen LogP contribution in [0.3, 0.4) is 0 Å². The summed E-state index contributed by atoms with van der Waals surface area (Å²) >= 11 is 3.51. The summed E-state index contributed by atoms with van der Waals surface area (Å²) in [7, 11) is -4.11. The Morgan fingerprint density at radius 1 is 1.08 bits per heavy atom. The lowest BCUT2D eigenvalue weighted by atomic mass is 9.98. The number of benzene rings is 2. The van der Waals surface area contributed by atoms with Gasteiger partial charge in [0.25, 0.3) is 0 Å². The number of primary sulfonamides is 1. The van der Waals surface area contributed by atoms with E-state index in [1.807, 2.05) is 31.2 Å². The highest BCUT2D eigenvalue weighted by Crippen LogP contribution is 2.33. The molecule has 0 saturated carbocycles. The topological polar surface area (TPSA) is 73.0 Å². The summed E-state index contributed by atoms with van der Waals surface area (Å²) in [5.41, 5.74) is 3.84. The largest absolute Gasteiger partial charge is 0.256 e. The zero-order valence-corrected chi connectivity index (χ0v) is 15.6. The molecular weight excluding hydrogens is 407 g/mol. The van der Waals surface area contributed by atoms with Crippen molar-refractivity contribution in [2.24, 2.45) is 5.14 Å². The normalized spacial score (nSPS) is 11.5. The van der Waals surface area contributed by atoms with Gasteiger partial charge in [-0.15, -0.1) is 0 Å². The third-order valence-corrected chi connectivity index (χ3v) is 5.60. The van der Waals surface area contributed by atoms with Gasteiger partial charge >= 0.3 is 0 Å². The van der Waals surface area contributed by atoms with Gasteiger partial charge in [-0.2, -0.15) is 0 Å². The lowest BCUT2D eigenvalue weighted by molar-refractivity contribution is 0.568. The Bertz CT molecular complexity index is 1070. The van der Waals surface area contributed by atoms with Crippen LogP contribution in [0.5, 0.6) is 0 Å². The molecule has 0 spiro atoms. The third kappa shape index (κ3) is 3.63. The van der Waals surface area contributed by atoms with E-state index in [1.165, 1.54) is 6.07 Å². The van der Waals surface area contributed by atoms with Crippen molar-refractivity contribution in [3.8, 4) is 22.4 Å². The first-order valence-electron chi connectivity index (χ1n) is 7.31. The van der Waals surface area contributed by atoms with Gasteiger partial charge in [0.1, 0.15) is 10.7 Å². The Hall–Kier alpha value is -2.09.